The molecule has 0 radical (unpaired) electrons. The van der Waals surface area contributed by atoms with E-state index >= 15 is 0 Å². The Morgan fingerprint density at radius 3 is 2.92 bits per heavy atom. The first-order chi connectivity index (χ1) is 6.31. The third kappa shape index (κ3) is 1.40. The van der Waals surface area contributed by atoms with E-state index < -0.39 is 0 Å². The van der Waals surface area contributed by atoms with Crippen LogP contribution in [0.4, 0.5) is 0 Å². The molecule has 0 aliphatic rings. The van der Waals surface area contributed by atoms with Gasteiger partial charge in [0.05, 0.1) is 10.5 Å². The van der Waals surface area contributed by atoms with Gasteiger partial charge < -0.3 is 0 Å². The highest BCUT2D eigenvalue weighted by molar-refractivity contribution is 6.35. The van der Waals surface area contributed by atoms with Gasteiger partial charge in [0, 0.05) is 17.1 Å². The first-order valence-corrected chi connectivity index (χ1v) is 4.18. The van der Waals surface area contributed by atoms with Crippen molar-refractivity contribution in [2.24, 2.45) is 0 Å². The molecule has 2 rings (SSSR count). The number of pyridine rings is 1. The largest absolute Gasteiger partial charge is 0.298 e. The molecule has 0 saturated carbocycles. The molecule has 0 amide bonds. The number of hydrogen-bond donors (Lipinski definition) is 0. The first-order valence-electron chi connectivity index (χ1n) is 3.81. The van der Waals surface area contributed by atoms with Crippen LogP contribution in [-0.4, -0.2) is 11.3 Å². The van der Waals surface area contributed by atoms with Gasteiger partial charge in [-0.15, -0.1) is 0 Å². The van der Waals surface area contributed by atoms with Crippen molar-refractivity contribution < 1.29 is 4.79 Å². The van der Waals surface area contributed by atoms with Gasteiger partial charge in [-0.1, -0.05) is 11.6 Å². The molecular weight excluding hydrogens is 186 g/mol. The molecule has 0 atom stereocenters. The average Bonchev–Trinajstić information content (AvgIpc) is 2.18. The monoisotopic (exact) mass is 191 g/mol. The number of hydrogen-bond acceptors (Lipinski definition) is 2. The predicted octanol–water partition coefficient (Wildman–Crippen LogP) is 2.70. The van der Waals surface area contributed by atoms with Crippen LogP contribution in [0.25, 0.3) is 10.9 Å². The van der Waals surface area contributed by atoms with E-state index in [1.165, 1.54) is 0 Å². The summed E-state index contributed by atoms with van der Waals surface area (Å²) < 4.78 is 0. The molecule has 0 saturated heterocycles. The summed E-state index contributed by atoms with van der Waals surface area (Å²) in [5.74, 6) is 0. The van der Waals surface area contributed by atoms with Crippen molar-refractivity contribution in [3.05, 3.63) is 41.0 Å². The van der Waals surface area contributed by atoms with Crippen LogP contribution >= 0.6 is 11.6 Å². The Bertz CT molecular complexity index is 467. The SMILES string of the molecule is O=Cc1ccc2nccc(Cl)c2c1. The van der Waals surface area contributed by atoms with Crippen molar-refractivity contribution in [3.63, 3.8) is 0 Å². The number of fused-ring (bicyclic) bond motifs is 1. The van der Waals surface area contributed by atoms with Crippen LogP contribution in [0.2, 0.25) is 5.02 Å². The van der Waals surface area contributed by atoms with E-state index in [-0.39, 0.29) is 0 Å². The molecule has 1 heterocycles. The Morgan fingerprint density at radius 2 is 2.15 bits per heavy atom. The van der Waals surface area contributed by atoms with E-state index in [0.29, 0.717) is 10.6 Å². The summed E-state index contributed by atoms with van der Waals surface area (Å²) >= 11 is 5.93. The molecule has 1 aromatic heterocycles. The van der Waals surface area contributed by atoms with Gasteiger partial charge in [-0.25, -0.2) is 0 Å². The molecule has 13 heavy (non-hydrogen) atoms. The molecule has 2 aromatic rings. The molecule has 0 aliphatic carbocycles. The summed E-state index contributed by atoms with van der Waals surface area (Å²) in [5.41, 5.74) is 1.42. The smallest absolute Gasteiger partial charge is 0.150 e. The standard InChI is InChI=1S/C10H6ClNO/c11-9-3-4-12-10-2-1-7(6-13)5-8(9)10/h1-6H. The molecule has 0 spiro atoms. The number of carbonyl (C=O) groups is 1. The maximum absolute atomic E-state index is 10.5. The van der Waals surface area contributed by atoms with Crippen LogP contribution < -0.4 is 0 Å². The number of nitrogens with zero attached hydrogens (tertiary/aromatic N) is 1. The second-order valence-corrected chi connectivity index (χ2v) is 3.09. The Morgan fingerprint density at radius 1 is 1.31 bits per heavy atom. The fourth-order valence-corrected chi connectivity index (χ4v) is 1.41. The highest BCUT2D eigenvalue weighted by atomic mass is 35.5. The van der Waals surface area contributed by atoms with Gasteiger partial charge in [0.1, 0.15) is 6.29 Å². The second kappa shape index (κ2) is 3.15. The van der Waals surface area contributed by atoms with Crippen LogP contribution in [0.5, 0.6) is 0 Å². The molecule has 0 unspecified atom stereocenters. The molecule has 0 aliphatic heterocycles. The lowest BCUT2D eigenvalue weighted by Gasteiger charge is -1.99. The third-order valence-electron chi connectivity index (χ3n) is 1.85. The minimum Gasteiger partial charge on any atom is -0.298 e. The van der Waals surface area contributed by atoms with Crippen LogP contribution in [-0.2, 0) is 0 Å². The van der Waals surface area contributed by atoms with Crippen molar-refractivity contribution in [3.8, 4) is 0 Å². The topological polar surface area (TPSA) is 30.0 Å². The fraction of sp³-hybridized carbons (Fsp3) is 0. The molecule has 0 N–H and O–H groups in total. The van der Waals surface area contributed by atoms with Crippen molar-refractivity contribution in [2.45, 2.75) is 0 Å². The maximum atomic E-state index is 10.5. The van der Waals surface area contributed by atoms with Gasteiger partial charge in [0.15, 0.2) is 0 Å². The second-order valence-electron chi connectivity index (χ2n) is 2.69. The summed E-state index contributed by atoms with van der Waals surface area (Å²) in [6, 6.07) is 6.94. The predicted molar refractivity (Wildman–Crippen MR) is 52.1 cm³/mol. The van der Waals surface area contributed by atoms with Crippen molar-refractivity contribution in [1.29, 1.82) is 0 Å². The molecule has 1 aromatic carbocycles. The summed E-state index contributed by atoms with van der Waals surface area (Å²) in [5, 5.41) is 1.43. The van der Waals surface area contributed by atoms with Crippen LogP contribution in [0.15, 0.2) is 30.5 Å². The summed E-state index contributed by atoms with van der Waals surface area (Å²) in [6.45, 7) is 0. The lowest BCUT2D eigenvalue weighted by molar-refractivity contribution is 0.112. The molecule has 2 nitrogen and oxygen atoms in total. The summed E-state index contributed by atoms with van der Waals surface area (Å²) in [4.78, 5) is 14.6. The highest BCUT2D eigenvalue weighted by Gasteiger charge is 1.99. The summed E-state index contributed by atoms with van der Waals surface area (Å²) in [6.07, 6.45) is 2.44. The Balaban J connectivity index is 2.81. The van der Waals surface area contributed by atoms with Crippen molar-refractivity contribution in [1.82, 2.24) is 4.98 Å². The van der Waals surface area contributed by atoms with Gasteiger partial charge >= 0.3 is 0 Å². The van der Waals surface area contributed by atoms with Gasteiger partial charge in [-0.3, -0.25) is 9.78 Å². The number of benzene rings is 1. The molecular formula is C10H6ClNO. The number of carbonyl (C=O) groups excluding carboxylic acids is 1. The first kappa shape index (κ1) is 8.20. The normalized spacial score (nSPS) is 10.2. The van der Waals surface area contributed by atoms with Gasteiger partial charge in [0.25, 0.3) is 0 Å². The van der Waals surface area contributed by atoms with Gasteiger partial charge in [-0.2, -0.15) is 0 Å². The van der Waals surface area contributed by atoms with Gasteiger partial charge in [0.2, 0.25) is 0 Å². The Labute approximate surface area is 80.2 Å². The minimum atomic E-state index is 0.613. The minimum absolute atomic E-state index is 0.613. The van der Waals surface area contributed by atoms with E-state index in [4.69, 9.17) is 11.6 Å². The number of aromatic nitrogens is 1. The summed E-state index contributed by atoms with van der Waals surface area (Å²) in [7, 11) is 0. The Kier molecular flexibility index (Phi) is 1.99. The van der Waals surface area contributed by atoms with E-state index in [1.54, 1.807) is 30.5 Å². The van der Waals surface area contributed by atoms with Crippen LogP contribution in [0, 0.1) is 0 Å². The van der Waals surface area contributed by atoms with E-state index in [9.17, 15) is 4.79 Å². The maximum Gasteiger partial charge on any atom is 0.150 e. The number of rotatable bonds is 1. The van der Waals surface area contributed by atoms with Gasteiger partial charge in [-0.05, 0) is 24.3 Å². The molecule has 3 heteroatoms. The van der Waals surface area contributed by atoms with Crippen LogP contribution in [0.1, 0.15) is 10.4 Å². The number of halogens is 1. The fourth-order valence-electron chi connectivity index (χ4n) is 1.20. The zero-order valence-corrected chi connectivity index (χ0v) is 7.45. The van der Waals surface area contributed by atoms with E-state index in [1.807, 2.05) is 0 Å². The zero-order chi connectivity index (χ0) is 9.26. The molecule has 64 valence electrons. The lowest BCUT2D eigenvalue weighted by atomic mass is 10.1. The molecule has 0 bridgehead atoms. The van der Waals surface area contributed by atoms with E-state index in [2.05, 4.69) is 4.98 Å². The highest BCUT2D eigenvalue weighted by Crippen LogP contribution is 2.21. The third-order valence-corrected chi connectivity index (χ3v) is 2.18. The number of aldehydes is 1. The van der Waals surface area contributed by atoms with Crippen molar-refractivity contribution >= 4 is 28.8 Å². The van der Waals surface area contributed by atoms with Crippen molar-refractivity contribution in [2.75, 3.05) is 0 Å². The van der Waals surface area contributed by atoms with E-state index in [0.717, 1.165) is 17.2 Å². The van der Waals surface area contributed by atoms with Crippen LogP contribution in [0.3, 0.4) is 0 Å². The Hall–Kier alpha value is -1.41. The molecule has 0 fully saturated rings. The lowest BCUT2D eigenvalue weighted by Crippen LogP contribution is -1.83. The quantitative estimate of drug-likeness (QED) is 0.649. The zero-order valence-electron chi connectivity index (χ0n) is 6.70. The average molecular weight is 192 g/mol.